The Morgan fingerprint density at radius 3 is 2.50 bits per heavy atom. The second-order valence-corrected chi connectivity index (χ2v) is 4.53. The molecule has 0 spiro atoms. The van der Waals surface area contributed by atoms with E-state index in [1.165, 1.54) is 11.8 Å². The maximum absolute atomic E-state index is 9.51. The van der Waals surface area contributed by atoms with Crippen LogP contribution in [0, 0.1) is 0 Å². The molecule has 14 heavy (non-hydrogen) atoms. The summed E-state index contributed by atoms with van der Waals surface area (Å²) in [5, 5.41) is 37.0. The van der Waals surface area contributed by atoms with Gasteiger partial charge in [0.1, 0.15) is 29.9 Å². The molecule has 1 fully saturated rings. The molecule has 0 amide bonds. The molecule has 1 heterocycles. The van der Waals surface area contributed by atoms with Crippen LogP contribution in [-0.2, 0) is 4.74 Å². The third-order valence-corrected chi connectivity index (χ3v) is 3.21. The van der Waals surface area contributed by atoms with Crippen molar-refractivity contribution in [1.29, 1.82) is 0 Å². The van der Waals surface area contributed by atoms with Crippen molar-refractivity contribution < 1.29 is 25.2 Å². The van der Waals surface area contributed by atoms with Crippen LogP contribution in [0.15, 0.2) is 0 Å². The van der Waals surface area contributed by atoms with Gasteiger partial charge in [0.15, 0.2) is 0 Å². The molecule has 84 valence electrons. The molecule has 4 N–H and O–H groups in total. The molecule has 5 atom stereocenters. The number of aliphatic hydroxyl groups excluding tert-OH is 4. The van der Waals surface area contributed by atoms with Gasteiger partial charge in [-0.15, -0.1) is 11.8 Å². The minimum atomic E-state index is -1.15. The molecule has 5 nitrogen and oxygen atoms in total. The lowest BCUT2D eigenvalue weighted by atomic mass is 10.1. The summed E-state index contributed by atoms with van der Waals surface area (Å²) in [6, 6.07) is 0. The van der Waals surface area contributed by atoms with Crippen LogP contribution in [0.1, 0.15) is 6.92 Å². The van der Waals surface area contributed by atoms with E-state index >= 15 is 0 Å². The Morgan fingerprint density at radius 1 is 1.36 bits per heavy atom. The van der Waals surface area contributed by atoms with Crippen LogP contribution in [0.2, 0.25) is 0 Å². The van der Waals surface area contributed by atoms with Gasteiger partial charge in [-0.2, -0.15) is 0 Å². The highest BCUT2D eigenvalue weighted by Gasteiger charge is 2.45. The third kappa shape index (κ3) is 2.39. The Morgan fingerprint density at radius 2 is 2.00 bits per heavy atom. The number of ether oxygens (including phenoxy) is 1. The van der Waals surface area contributed by atoms with Crippen LogP contribution in [0.5, 0.6) is 0 Å². The Hall–Kier alpha value is 0.150. The zero-order chi connectivity index (χ0) is 10.7. The zero-order valence-electron chi connectivity index (χ0n) is 7.91. The lowest BCUT2D eigenvalue weighted by Gasteiger charge is -2.18. The number of thioether (sulfide) groups is 1. The Labute approximate surface area is 86.7 Å². The van der Waals surface area contributed by atoms with Crippen molar-refractivity contribution in [3.05, 3.63) is 0 Å². The molecule has 6 heteroatoms. The smallest absolute Gasteiger partial charge is 0.132 e. The lowest BCUT2D eigenvalue weighted by Crippen LogP contribution is -2.40. The van der Waals surface area contributed by atoms with Crippen molar-refractivity contribution >= 4 is 11.8 Å². The van der Waals surface area contributed by atoms with E-state index in [0.717, 1.165) is 5.75 Å². The number of hydrogen-bond acceptors (Lipinski definition) is 6. The molecule has 0 aromatic rings. The summed E-state index contributed by atoms with van der Waals surface area (Å²) >= 11 is 1.36. The molecule has 1 aliphatic rings. The zero-order valence-corrected chi connectivity index (χ0v) is 8.72. The van der Waals surface area contributed by atoms with Gasteiger partial charge in [-0.3, -0.25) is 0 Å². The summed E-state index contributed by atoms with van der Waals surface area (Å²) in [7, 11) is 0. The standard InChI is InChI=1S/C8H16O5S/c1-2-14-8-6(12)5(11)7(13-8)4(10)3-9/h4-12H,2-3H2,1H3/t4-,5-,6-,7?,8-/m1/s1. The van der Waals surface area contributed by atoms with Crippen LogP contribution in [0.25, 0.3) is 0 Å². The molecular formula is C8H16O5S. The first-order valence-electron chi connectivity index (χ1n) is 4.54. The molecule has 0 aliphatic carbocycles. The van der Waals surface area contributed by atoms with E-state index in [-0.39, 0.29) is 0 Å². The van der Waals surface area contributed by atoms with E-state index in [2.05, 4.69) is 0 Å². The maximum atomic E-state index is 9.51. The van der Waals surface area contributed by atoms with E-state index in [9.17, 15) is 15.3 Å². The minimum absolute atomic E-state index is 0.488. The summed E-state index contributed by atoms with van der Waals surface area (Å²) in [6.45, 7) is 1.42. The molecule has 0 aromatic carbocycles. The molecule has 0 aromatic heterocycles. The Balaban J connectivity index is 2.57. The fraction of sp³-hybridized carbons (Fsp3) is 1.00. The van der Waals surface area contributed by atoms with Gasteiger partial charge in [0.25, 0.3) is 0 Å². The monoisotopic (exact) mass is 224 g/mol. The van der Waals surface area contributed by atoms with Crippen LogP contribution in [0.4, 0.5) is 0 Å². The third-order valence-electron chi connectivity index (χ3n) is 2.15. The highest BCUT2D eigenvalue weighted by atomic mass is 32.2. The molecule has 0 bridgehead atoms. The van der Waals surface area contributed by atoms with Gasteiger partial charge in [-0.25, -0.2) is 0 Å². The van der Waals surface area contributed by atoms with Crippen molar-refractivity contribution in [3.63, 3.8) is 0 Å². The van der Waals surface area contributed by atoms with Gasteiger partial charge >= 0.3 is 0 Å². The molecule has 0 radical (unpaired) electrons. The average Bonchev–Trinajstić information content (AvgIpc) is 2.46. The summed E-state index contributed by atoms with van der Waals surface area (Å²) in [6.07, 6.45) is -4.20. The highest BCUT2D eigenvalue weighted by Crippen LogP contribution is 2.30. The van der Waals surface area contributed by atoms with E-state index in [4.69, 9.17) is 9.84 Å². The van der Waals surface area contributed by atoms with Gasteiger partial charge in [-0.1, -0.05) is 6.92 Å². The first-order valence-corrected chi connectivity index (χ1v) is 5.58. The van der Waals surface area contributed by atoms with E-state index in [1.54, 1.807) is 0 Å². The molecular weight excluding hydrogens is 208 g/mol. The van der Waals surface area contributed by atoms with Crippen LogP contribution in [0.3, 0.4) is 0 Å². The topological polar surface area (TPSA) is 90.2 Å². The van der Waals surface area contributed by atoms with Crippen molar-refractivity contribution in [2.45, 2.75) is 36.8 Å². The van der Waals surface area contributed by atoms with E-state index < -0.39 is 36.5 Å². The van der Waals surface area contributed by atoms with Gasteiger partial charge in [0.2, 0.25) is 0 Å². The molecule has 1 saturated heterocycles. The van der Waals surface area contributed by atoms with Crippen molar-refractivity contribution in [1.82, 2.24) is 0 Å². The fourth-order valence-electron chi connectivity index (χ4n) is 1.40. The molecule has 1 aliphatic heterocycles. The first kappa shape index (κ1) is 12.2. The molecule has 1 unspecified atom stereocenters. The highest BCUT2D eigenvalue weighted by molar-refractivity contribution is 7.99. The Bertz CT molecular complexity index is 177. The quantitative estimate of drug-likeness (QED) is 0.466. The largest absolute Gasteiger partial charge is 0.394 e. The van der Waals surface area contributed by atoms with Crippen LogP contribution >= 0.6 is 11.8 Å². The van der Waals surface area contributed by atoms with Crippen molar-refractivity contribution in [3.8, 4) is 0 Å². The minimum Gasteiger partial charge on any atom is -0.394 e. The number of aliphatic hydroxyl groups is 4. The van der Waals surface area contributed by atoms with Gasteiger partial charge in [-0.05, 0) is 5.75 Å². The van der Waals surface area contributed by atoms with Crippen LogP contribution < -0.4 is 0 Å². The number of rotatable bonds is 4. The summed E-state index contributed by atoms with van der Waals surface area (Å²) < 4.78 is 5.23. The van der Waals surface area contributed by atoms with Gasteiger partial charge < -0.3 is 25.2 Å². The Kier molecular flexibility index (Phi) is 4.62. The maximum Gasteiger partial charge on any atom is 0.132 e. The lowest BCUT2D eigenvalue weighted by molar-refractivity contribution is -0.0713. The average molecular weight is 224 g/mol. The number of hydrogen-bond donors (Lipinski definition) is 4. The van der Waals surface area contributed by atoms with Crippen molar-refractivity contribution in [2.75, 3.05) is 12.4 Å². The molecule has 0 saturated carbocycles. The van der Waals surface area contributed by atoms with Crippen molar-refractivity contribution in [2.24, 2.45) is 0 Å². The predicted molar refractivity (Wildman–Crippen MR) is 51.9 cm³/mol. The summed E-state index contributed by atoms with van der Waals surface area (Å²) in [5.41, 5.74) is -0.527. The summed E-state index contributed by atoms with van der Waals surface area (Å²) in [4.78, 5) is 0. The second-order valence-electron chi connectivity index (χ2n) is 3.16. The fourth-order valence-corrected chi connectivity index (χ4v) is 2.29. The summed E-state index contributed by atoms with van der Waals surface area (Å²) in [5.74, 6) is 0.746. The van der Waals surface area contributed by atoms with Gasteiger partial charge in [0.05, 0.1) is 6.61 Å². The second kappa shape index (κ2) is 5.29. The predicted octanol–water partition coefficient (Wildman–Crippen LogP) is -1.46. The van der Waals surface area contributed by atoms with Crippen LogP contribution in [-0.4, -0.2) is 62.6 Å². The van der Waals surface area contributed by atoms with E-state index in [0.29, 0.717) is 0 Å². The van der Waals surface area contributed by atoms with E-state index in [1.807, 2.05) is 6.92 Å². The molecule has 1 rings (SSSR count). The normalized spacial score (nSPS) is 40.1. The first-order chi connectivity index (χ1) is 6.61. The SMILES string of the molecule is CCS[C@H]1OC([C@H](O)CO)[C@H](O)[C@H]1O. The van der Waals surface area contributed by atoms with Gasteiger partial charge in [0, 0.05) is 0 Å².